The first-order valence-electron chi connectivity index (χ1n) is 12.8. The topological polar surface area (TPSA) is 26.8 Å². The highest BCUT2D eigenvalue weighted by atomic mass is 19.1. The van der Waals surface area contributed by atoms with Crippen molar-refractivity contribution >= 4 is 5.91 Å². The van der Waals surface area contributed by atoms with E-state index in [1.807, 2.05) is 29.2 Å². The van der Waals surface area contributed by atoms with Crippen LogP contribution in [0.15, 0.2) is 78.9 Å². The Morgan fingerprint density at radius 2 is 1.47 bits per heavy atom. The van der Waals surface area contributed by atoms with Gasteiger partial charge < -0.3 is 4.90 Å². The molecule has 2 atom stereocenters. The Balaban J connectivity index is 1.26. The van der Waals surface area contributed by atoms with Gasteiger partial charge >= 0.3 is 0 Å². The van der Waals surface area contributed by atoms with Crippen molar-refractivity contribution in [2.24, 2.45) is 5.92 Å². The molecule has 0 bridgehead atoms. The summed E-state index contributed by atoms with van der Waals surface area (Å²) in [6.45, 7) is 5.78. The molecule has 3 aromatic rings. The number of halogens is 2. The molecule has 2 aliphatic rings. The van der Waals surface area contributed by atoms with E-state index >= 15 is 0 Å². The van der Waals surface area contributed by atoms with Gasteiger partial charge in [0.15, 0.2) is 0 Å². The lowest BCUT2D eigenvalue weighted by atomic mass is 9.83. The second-order valence-corrected chi connectivity index (χ2v) is 10.1. The minimum atomic E-state index is -0.573. The first kappa shape index (κ1) is 24.6. The molecule has 0 aliphatic carbocycles. The Bertz CT molecular complexity index is 1150. The van der Waals surface area contributed by atoms with E-state index < -0.39 is 11.6 Å². The number of piperidine rings is 1. The molecule has 1 amide bonds. The number of likely N-dealkylation sites (tertiary alicyclic amines) is 1. The van der Waals surface area contributed by atoms with Crippen LogP contribution in [0.25, 0.3) is 0 Å². The molecule has 5 rings (SSSR count). The zero-order valence-electron chi connectivity index (χ0n) is 20.5. The lowest BCUT2D eigenvalue weighted by Gasteiger charge is -2.41. The molecule has 0 radical (unpaired) electrons. The van der Waals surface area contributed by atoms with Gasteiger partial charge in [0.25, 0.3) is 0 Å². The molecular formula is C30H33F2N3O. The predicted molar refractivity (Wildman–Crippen MR) is 137 cm³/mol. The van der Waals surface area contributed by atoms with Crippen molar-refractivity contribution < 1.29 is 13.6 Å². The van der Waals surface area contributed by atoms with Gasteiger partial charge in [-0.2, -0.15) is 0 Å². The van der Waals surface area contributed by atoms with E-state index in [1.165, 1.54) is 23.3 Å². The van der Waals surface area contributed by atoms with E-state index in [9.17, 15) is 13.6 Å². The van der Waals surface area contributed by atoms with Gasteiger partial charge in [0, 0.05) is 64.0 Å². The van der Waals surface area contributed by atoms with E-state index in [0.717, 1.165) is 51.8 Å². The molecule has 6 heteroatoms. The van der Waals surface area contributed by atoms with Crippen LogP contribution in [0.1, 0.15) is 29.0 Å². The summed E-state index contributed by atoms with van der Waals surface area (Å²) in [5.74, 6) is -0.866. The molecule has 2 aliphatic heterocycles. The molecule has 2 saturated heterocycles. The minimum Gasteiger partial charge on any atom is -0.340 e. The van der Waals surface area contributed by atoms with Gasteiger partial charge in [0.1, 0.15) is 11.6 Å². The fourth-order valence-electron chi connectivity index (χ4n) is 5.58. The Kier molecular flexibility index (Phi) is 7.73. The number of hydrogen-bond donors (Lipinski definition) is 0. The number of benzene rings is 3. The summed E-state index contributed by atoms with van der Waals surface area (Å²) in [5.41, 5.74) is 2.96. The lowest BCUT2D eigenvalue weighted by Crippen LogP contribution is -2.53. The van der Waals surface area contributed by atoms with Crippen molar-refractivity contribution in [1.82, 2.24) is 14.7 Å². The molecule has 188 valence electrons. The second-order valence-electron chi connectivity index (χ2n) is 10.1. The van der Waals surface area contributed by atoms with Crippen LogP contribution in [0.2, 0.25) is 0 Å². The average molecular weight is 490 g/mol. The van der Waals surface area contributed by atoms with Crippen LogP contribution in [-0.4, -0.2) is 59.9 Å². The van der Waals surface area contributed by atoms with Crippen molar-refractivity contribution in [1.29, 1.82) is 0 Å². The first-order chi connectivity index (χ1) is 17.5. The normalized spacial score (nSPS) is 21.4. The average Bonchev–Trinajstić information content (AvgIpc) is 2.91. The summed E-state index contributed by atoms with van der Waals surface area (Å²) < 4.78 is 27.8. The quantitative estimate of drug-likeness (QED) is 0.492. The van der Waals surface area contributed by atoms with Crippen LogP contribution < -0.4 is 0 Å². The number of amides is 1. The Morgan fingerprint density at radius 1 is 0.778 bits per heavy atom. The first-order valence-corrected chi connectivity index (χ1v) is 12.8. The molecule has 2 fully saturated rings. The number of carbonyl (C=O) groups excluding carboxylic acids is 1. The fraction of sp³-hybridized carbons (Fsp3) is 0.367. The third-order valence-electron chi connectivity index (χ3n) is 7.49. The maximum absolute atomic E-state index is 14.4. The largest absolute Gasteiger partial charge is 0.340 e. The highest BCUT2D eigenvalue weighted by Gasteiger charge is 2.35. The van der Waals surface area contributed by atoms with Gasteiger partial charge in [-0.3, -0.25) is 14.6 Å². The molecule has 0 saturated carbocycles. The Morgan fingerprint density at radius 3 is 2.17 bits per heavy atom. The number of rotatable bonds is 6. The molecule has 3 aromatic carbocycles. The van der Waals surface area contributed by atoms with Crippen LogP contribution in [-0.2, 0) is 17.9 Å². The van der Waals surface area contributed by atoms with Gasteiger partial charge in [-0.15, -0.1) is 0 Å². The second kappa shape index (κ2) is 11.3. The SMILES string of the molecule is O=C(C1CC(c2ccccc2)CN(Cc2ccc(F)cc2F)C1)N1CCN(Cc2ccccc2)CC1. The molecule has 2 heterocycles. The van der Waals surface area contributed by atoms with E-state index in [4.69, 9.17) is 0 Å². The van der Waals surface area contributed by atoms with Crippen LogP contribution in [0.3, 0.4) is 0 Å². The highest BCUT2D eigenvalue weighted by Crippen LogP contribution is 2.32. The maximum atomic E-state index is 14.4. The minimum absolute atomic E-state index is 0.145. The third-order valence-corrected chi connectivity index (χ3v) is 7.49. The zero-order valence-corrected chi connectivity index (χ0v) is 20.5. The lowest BCUT2D eigenvalue weighted by molar-refractivity contribution is -0.139. The molecule has 0 spiro atoms. The smallest absolute Gasteiger partial charge is 0.227 e. The van der Waals surface area contributed by atoms with Crippen molar-refractivity contribution in [3.63, 3.8) is 0 Å². The standard InChI is InChI=1S/C30H33F2N3O/c31-28-12-11-25(29(32)18-28)20-34-21-26(24-9-5-2-6-10-24)17-27(22-34)30(36)35-15-13-33(14-16-35)19-23-7-3-1-4-8-23/h1-12,18,26-27H,13-17,19-22H2. The monoisotopic (exact) mass is 489 g/mol. The van der Waals surface area contributed by atoms with Crippen molar-refractivity contribution in [3.8, 4) is 0 Å². The predicted octanol–water partition coefficient (Wildman–Crippen LogP) is 4.91. The van der Waals surface area contributed by atoms with Gasteiger partial charge in [-0.05, 0) is 29.5 Å². The summed E-state index contributed by atoms with van der Waals surface area (Å²) in [7, 11) is 0. The summed E-state index contributed by atoms with van der Waals surface area (Å²) in [6, 6.07) is 24.4. The van der Waals surface area contributed by atoms with E-state index in [-0.39, 0.29) is 17.7 Å². The number of piperazine rings is 1. The van der Waals surface area contributed by atoms with Crippen LogP contribution in [0.5, 0.6) is 0 Å². The van der Waals surface area contributed by atoms with Crippen LogP contribution in [0, 0.1) is 17.6 Å². The number of hydrogen-bond acceptors (Lipinski definition) is 3. The van der Waals surface area contributed by atoms with Crippen molar-refractivity contribution in [2.45, 2.75) is 25.4 Å². The van der Waals surface area contributed by atoms with Gasteiger partial charge in [-0.1, -0.05) is 66.7 Å². The van der Waals surface area contributed by atoms with E-state index in [2.05, 4.69) is 46.2 Å². The van der Waals surface area contributed by atoms with E-state index in [0.29, 0.717) is 18.7 Å². The summed E-state index contributed by atoms with van der Waals surface area (Å²) in [4.78, 5) is 20.2. The van der Waals surface area contributed by atoms with Crippen molar-refractivity contribution in [2.75, 3.05) is 39.3 Å². The summed E-state index contributed by atoms with van der Waals surface area (Å²) in [5, 5.41) is 0. The summed E-state index contributed by atoms with van der Waals surface area (Å²) in [6.07, 6.45) is 0.787. The van der Waals surface area contributed by atoms with E-state index in [1.54, 1.807) is 0 Å². The fourth-order valence-corrected chi connectivity index (χ4v) is 5.58. The Hall–Kier alpha value is -3.09. The molecule has 2 unspecified atom stereocenters. The summed E-state index contributed by atoms with van der Waals surface area (Å²) >= 11 is 0. The third kappa shape index (κ3) is 6.00. The van der Waals surface area contributed by atoms with Gasteiger partial charge in [0.2, 0.25) is 5.91 Å². The number of nitrogens with zero attached hydrogens (tertiary/aromatic N) is 3. The highest BCUT2D eigenvalue weighted by molar-refractivity contribution is 5.79. The van der Waals surface area contributed by atoms with Gasteiger partial charge in [-0.25, -0.2) is 8.78 Å². The molecule has 0 aromatic heterocycles. The number of carbonyl (C=O) groups is 1. The molecule has 36 heavy (non-hydrogen) atoms. The molecule has 4 nitrogen and oxygen atoms in total. The maximum Gasteiger partial charge on any atom is 0.227 e. The van der Waals surface area contributed by atoms with Crippen LogP contribution in [0.4, 0.5) is 8.78 Å². The zero-order chi connectivity index (χ0) is 24.9. The molecular weight excluding hydrogens is 456 g/mol. The van der Waals surface area contributed by atoms with Gasteiger partial charge in [0.05, 0.1) is 5.92 Å². The van der Waals surface area contributed by atoms with Crippen molar-refractivity contribution in [3.05, 3.63) is 107 Å². The van der Waals surface area contributed by atoms with Crippen LogP contribution >= 0.6 is 0 Å². The molecule has 0 N–H and O–H groups in total. The Labute approximate surface area is 212 Å².